The van der Waals surface area contributed by atoms with Crippen molar-refractivity contribution in [2.24, 2.45) is 4.40 Å². The summed E-state index contributed by atoms with van der Waals surface area (Å²) in [6.07, 6.45) is 2.44. The van der Waals surface area contributed by atoms with Gasteiger partial charge < -0.3 is 9.80 Å². The monoisotopic (exact) mass is 369 g/mol. The van der Waals surface area contributed by atoms with Crippen LogP contribution in [0.3, 0.4) is 0 Å². The summed E-state index contributed by atoms with van der Waals surface area (Å²) in [6.45, 7) is 1.55. The second kappa shape index (κ2) is 5.51. The molecule has 26 heavy (non-hydrogen) atoms. The third kappa shape index (κ3) is 2.47. The van der Waals surface area contributed by atoms with Crippen LogP contribution in [0.2, 0.25) is 0 Å². The van der Waals surface area contributed by atoms with Gasteiger partial charge in [0.25, 0.3) is 10.0 Å². The fraction of sp³-hybridized carbons (Fsp3) is 0.389. The van der Waals surface area contributed by atoms with Crippen molar-refractivity contribution in [3.05, 3.63) is 47.7 Å². The van der Waals surface area contributed by atoms with Gasteiger partial charge in [-0.25, -0.2) is 0 Å². The molecule has 5 rings (SSSR count). The first-order valence-electron chi connectivity index (χ1n) is 8.79. The molecule has 134 valence electrons. The zero-order chi connectivity index (χ0) is 17.9. The number of rotatable bonds is 3. The lowest BCUT2D eigenvalue weighted by molar-refractivity contribution is 0.303. The summed E-state index contributed by atoms with van der Waals surface area (Å²) >= 11 is 0. The Kier molecular flexibility index (Phi) is 3.34. The van der Waals surface area contributed by atoms with Crippen LogP contribution in [0.1, 0.15) is 30.0 Å². The molecular formula is C18H19N5O2S. The fourth-order valence-electron chi connectivity index (χ4n) is 3.50. The highest BCUT2D eigenvalue weighted by molar-refractivity contribution is 7.90. The van der Waals surface area contributed by atoms with Crippen LogP contribution >= 0.6 is 0 Å². The Bertz CT molecular complexity index is 992. The van der Waals surface area contributed by atoms with Gasteiger partial charge in [0.15, 0.2) is 11.7 Å². The number of sulfonamides is 1. The molecule has 0 bridgehead atoms. The minimum Gasteiger partial charge on any atom is -0.352 e. The first-order chi connectivity index (χ1) is 12.5. The number of hydrogen-bond acceptors (Lipinski definition) is 6. The van der Waals surface area contributed by atoms with Crippen LogP contribution in [-0.2, 0) is 10.0 Å². The van der Waals surface area contributed by atoms with E-state index in [4.69, 9.17) is 0 Å². The van der Waals surface area contributed by atoms with Crippen molar-refractivity contribution in [1.82, 2.24) is 15.1 Å². The van der Waals surface area contributed by atoms with Gasteiger partial charge >= 0.3 is 0 Å². The van der Waals surface area contributed by atoms with Crippen LogP contribution in [-0.4, -0.2) is 55.5 Å². The summed E-state index contributed by atoms with van der Waals surface area (Å²) in [7, 11) is -1.68. The maximum absolute atomic E-state index is 12.2. The van der Waals surface area contributed by atoms with Crippen LogP contribution in [0.15, 0.2) is 45.7 Å². The van der Waals surface area contributed by atoms with Crippen molar-refractivity contribution in [2.75, 3.05) is 25.0 Å². The predicted octanol–water partition coefficient (Wildman–Crippen LogP) is 1.62. The summed E-state index contributed by atoms with van der Waals surface area (Å²) in [5.74, 6) is 2.01. The van der Waals surface area contributed by atoms with Crippen LogP contribution in [0.5, 0.6) is 0 Å². The van der Waals surface area contributed by atoms with Gasteiger partial charge in [-0.1, -0.05) is 12.1 Å². The lowest BCUT2D eigenvalue weighted by Crippen LogP contribution is -2.60. The summed E-state index contributed by atoms with van der Waals surface area (Å²) in [5, 5.41) is 8.67. The quantitative estimate of drug-likeness (QED) is 0.818. The molecule has 1 aromatic carbocycles. The van der Waals surface area contributed by atoms with Crippen LogP contribution in [0.25, 0.3) is 0 Å². The van der Waals surface area contributed by atoms with E-state index >= 15 is 0 Å². The first kappa shape index (κ1) is 15.7. The molecule has 0 spiro atoms. The normalized spacial score (nSPS) is 21.1. The number of likely N-dealkylation sites (N-methyl/N-ethyl adjacent to an activating group) is 1. The molecule has 1 saturated carbocycles. The Labute approximate surface area is 152 Å². The minimum atomic E-state index is -3.58. The van der Waals surface area contributed by atoms with Crippen molar-refractivity contribution in [2.45, 2.75) is 29.7 Å². The molecule has 1 saturated heterocycles. The molecule has 0 radical (unpaired) electrons. The van der Waals surface area contributed by atoms with E-state index in [1.807, 2.05) is 30.1 Å². The lowest BCUT2D eigenvalue weighted by atomic mass is 10.1. The van der Waals surface area contributed by atoms with Crippen molar-refractivity contribution in [3.8, 4) is 0 Å². The Morgan fingerprint density at radius 3 is 2.54 bits per heavy atom. The van der Waals surface area contributed by atoms with E-state index in [0.29, 0.717) is 22.2 Å². The number of benzene rings is 1. The van der Waals surface area contributed by atoms with Gasteiger partial charge in [-0.3, -0.25) is 0 Å². The average Bonchev–Trinajstić information content (AvgIpc) is 3.40. The average molecular weight is 369 g/mol. The van der Waals surface area contributed by atoms with Crippen molar-refractivity contribution in [3.63, 3.8) is 0 Å². The van der Waals surface area contributed by atoms with Gasteiger partial charge in [0.1, 0.15) is 4.90 Å². The molecule has 2 fully saturated rings. The highest BCUT2D eigenvalue weighted by Crippen LogP contribution is 2.39. The second-order valence-corrected chi connectivity index (χ2v) is 8.72. The van der Waals surface area contributed by atoms with E-state index in [-0.39, 0.29) is 6.04 Å². The largest absolute Gasteiger partial charge is 0.352 e. The standard InChI is InChI=1S/C18H19N5O2S/c1-22(18-14-4-2-3-5-16(14)26(24,25)21-18)13-10-23(11-13)17-9-8-15(19-20-17)12-6-7-12/h2-5,8-9,12-13H,6-7,10-11H2,1H3. The Balaban J connectivity index is 1.30. The highest BCUT2D eigenvalue weighted by atomic mass is 32.2. The Hall–Kier alpha value is -2.48. The number of hydrogen-bond donors (Lipinski definition) is 0. The number of anilines is 1. The summed E-state index contributed by atoms with van der Waals surface area (Å²) in [5.41, 5.74) is 1.77. The molecule has 0 atom stereocenters. The number of nitrogens with zero attached hydrogens (tertiary/aromatic N) is 5. The SMILES string of the molecule is CN(C1=NS(=O)(=O)c2ccccc21)C1CN(c2ccc(C3CC3)nn2)C1. The molecule has 0 N–H and O–H groups in total. The van der Waals surface area contributed by atoms with E-state index in [1.54, 1.807) is 12.1 Å². The van der Waals surface area contributed by atoms with Crippen molar-refractivity contribution >= 4 is 21.7 Å². The second-order valence-electron chi connectivity index (χ2n) is 7.15. The highest BCUT2D eigenvalue weighted by Gasteiger charge is 2.37. The zero-order valence-corrected chi connectivity index (χ0v) is 15.2. The molecule has 0 amide bonds. The molecule has 2 aliphatic heterocycles. The molecule has 7 nitrogen and oxygen atoms in total. The van der Waals surface area contributed by atoms with E-state index in [9.17, 15) is 8.42 Å². The lowest BCUT2D eigenvalue weighted by Gasteiger charge is -2.45. The van der Waals surface area contributed by atoms with E-state index < -0.39 is 10.0 Å². The van der Waals surface area contributed by atoms with E-state index in [1.165, 1.54) is 12.8 Å². The smallest absolute Gasteiger partial charge is 0.285 e. The third-order valence-corrected chi connectivity index (χ3v) is 6.67. The molecule has 1 aliphatic carbocycles. The van der Waals surface area contributed by atoms with E-state index in [2.05, 4.69) is 25.6 Å². The number of amidine groups is 1. The van der Waals surface area contributed by atoms with E-state index in [0.717, 1.165) is 24.6 Å². The van der Waals surface area contributed by atoms with Gasteiger partial charge in [0.2, 0.25) is 0 Å². The summed E-state index contributed by atoms with van der Waals surface area (Å²) in [4.78, 5) is 4.41. The minimum absolute atomic E-state index is 0.194. The van der Waals surface area contributed by atoms with Crippen LogP contribution < -0.4 is 4.90 Å². The maximum Gasteiger partial charge on any atom is 0.285 e. The third-order valence-electron chi connectivity index (χ3n) is 5.35. The van der Waals surface area contributed by atoms with Crippen LogP contribution in [0, 0.1) is 0 Å². The van der Waals surface area contributed by atoms with Gasteiger partial charge in [-0.15, -0.1) is 9.50 Å². The molecule has 2 aromatic rings. The molecular weight excluding hydrogens is 350 g/mol. The summed E-state index contributed by atoms with van der Waals surface area (Å²) < 4.78 is 28.5. The van der Waals surface area contributed by atoms with Crippen molar-refractivity contribution < 1.29 is 8.42 Å². The van der Waals surface area contributed by atoms with Gasteiger partial charge in [-0.05, 0) is 37.1 Å². The Morgan fingerprint density at radius 2 is 1.85 bits per heavy atom. The van der Waals surface area contributed by atoms with Gasteiger partial charge in [-0.2, -0.15) is 13.5 Å². The maximum atomic E-state index is 12.2. The topological polar surface area (TPSA) is 78.8 Å². The van der Waals surface area contributed by atoms with Gasteiger partial charge in [0.05, 0.1) is 11.7 Å². The number of fused-ring (bicyclic) bond motifs is 1. The van der Waals surface area contributed by atoms with Gasteiger partial charge in [0, 0.05) is 31.6 Å². The number of aromatic nitrogens is 2. The first-order valence-corrected chi connectivity index (χ1v) is 10.2. The predicted molar refractivity (Wildman–Crippen MR) is 97.9 cm³/mol. The molecule has 1 aromatic heterocycles. The molecule has 3 aliphatic rings. The summed E-state index contributed by atoms with van der Waals surface area (Å²) in [6, 6.07) is 11.3. The molecule has 0 unspecified atom stereocenters. The van der Waals surface area contributed by atoms with Crippen LogP contribution in [0.4, 0.5) is 5.82 Å². The van der Waals surface area contributed by atoms with Crippen molar-refractivity contribution in [1.29, 1.82) is 0 Å². The molecule has 8 heteroatoms. The zero-order valence-electron chi connectivity index (χ0n) is 14.4. The molecule has 3 heterocycles. The fourth-order valence-corrected chi connectivity index (χ4v) is 4.75. The Morgan fingerprint density at radius 1 is 1.08 bits per heavy atom.